The van der Waals surface area contributed by atoms with Gasteiger partial charge in [-0.05, 0) is 24.3 Å². The Hall–Kier alpha value is -1.12. The molecule has 0 atom stereocenters. The molecule has 1 N–H and O–H groups in total. The van der Waals surface area contributed by atoms with E-state index in [4.69, 9.17) is 4.74 Å². The number of halogens is 1. The number of nitrogens with zero attached hydrogens (tertiary/aromatic N) is 1. The largest absolute Gasteiger partial charge is 0.484 e. The Bertz CT molecular complexity index is 541. The van der Waals surface area contributed by atoms with Gasteiger partial charge in [0.05, 0.1) is 0 Å². The van der Waals surface area contributed by atoms with E-state index in [-0.39, 0.29) is 6.61 Å². The second-order valence-corrected chi connectivity index (χ2v) is 6.44. The van der Waals surface area contributed by atoms with Crippen LogP contribution in [0.5, 0.6) is 5.75 Å². The molecule has 0 radical (unpaired) electrons. The molecule has 0 unspecified atom stereocenters. The van der Waals surface area contributed by atoms with E-state index in [1.165, 1.54) is 0 Å². The van der Waals surface area contributed by atoms with Crippen LogP contribution in [-0.4, -0.2) is 38.3 Å². The third-order valence-electron chi connectivity index (χ3n) is 2.47. The van der Waals surface area contributed by atoms with E-state index in [1.807, 2.05) is 4.72 Å². The van der Waals surface area contributed by atoms with E-state index in [1.54, 1.807) is 38.1 Å². The van der Waals surface area contributed by atoms with Gasteiger partial charge in [0.2, 0.25) is 0 Å². The molecule has 1 aromatic rings. The number of benzene rings is 1. The predicted octanol–water partition coefficient (Wildman–Crippen LogP) is 1.53. The number of carbonyl (C=O) groups is 1. The maximum Gasteiger partial charge on any atom is 0.303 e. The molecule has 0 saturated heterocycles. The summed E-state index contributed by atoms with van der Waals surface area (Å²) in [5.74, 6) is -0.219. The third kappa shape index (κ3) is 5.10. The van der Waals surface area contributed by atoms with Crippen LogP contribution < -0.4 is 9.46 Å². The number of ether oxygens (including phenoxy) is 1. The molecule has 8 heteroatoms. The molecule has 1 rings (SSSR count). The topological polar surface area (TPSA) is 75.7 Å². The second kappa shape index (κ2) is 7.61. The van der Waals surface area contributed by atoms with Crippen LogP contribution in [0.2, 0.25) is 0 Å². The summed E-state index contributed by atoms with van der Waals surface area (Å²) in [6.07, 6.45) is 0. The molecule has 1 amide bonds. The van der Waals surface area contributed by atoms with E-state index < -0.39 is 16.1 Å². The van der Waals surface area contributed by atoms with E-state index in [0.717, 1.165) is 8.78 Å². The molecule has 20 heavy (non-hydrogen) atoms. The molecule has 0 aromatic heterocycles. The molecule has 0 heterocycles. The zero-order chi connectivity index (χ0) is 15.2. The van der Waals surface area contributed by atoms with Gasteiger partial charge in [0.25, 0.3) is 5.91 Å². The van der Waals surface area contributed by atoms with Crippen molar-refractivity contribution in [3.8, 4) is 5.75 Å². The average Bonchev–Trinajstić information content (AvgIpc) is 2.38. The minimum Gasteiger partial charge on any atom is -0.484 e. The minimum absolute atomic E-state index is 0.298. The van der Waals surface area contributed by atoms with E-state index in [9.17, 15) is 13.2 Å². The highest BCUT2D eigenvalue weighted by molar-refractivity contribution is 9.10. The fourth-order valence-corrected chi connectivity index (χ4v) is 2.90. The van der Waals surface area contributed by atoms with Crippen LogP contribution >= 0.6 is 15.9 Å². The van der Waals surface area contributed by atoms with Crippen molar-refractivity contribution in [3.63, 3.8) is 0 Å². The summed E-state index contributed by atoms with van der Waals surface area (Å²) in [7, 11) is -3.79. The van der Waals surface area contributed by atoms with Crippen LogP contribution in [-0.2, 0) is 15.0 Å². The Morgan fingerprint density at radius 2 is 1.80 bits per heavy atom. The number of carbonyl (C=O) groups excluding carboxylic acids is 1. The van der Waals surface area contributed by atoms with Gasteiger partial charge in [0.1, 0.15) is 5.75 Å². The van der Waals surface area contributed by atoms with Crippen molar-refractivity contribution in [1.29, 1.82) is 0 Å². The maximum absolute atomic E-state index is 11.8. The van der Waals surface area contributed by atoms with Gasteiger partial charge in [-0.15, -0.1) is 0 Å². The predicted molar refractivity (Wildman–Crippen MR) is 79.6 cm³/mol. The summed E-state index contributed by atoms with van der Waals surface area (Å²) in [6.45, 7) is 3.64. The molecular formula is C12H17BrN2O4S. The average molecular weight is 365 g/mol. The molecule has 0 aliphatic carbocycles. The highest BCUT2D eigenvalue weighted by atomic mass is 79.9. The molecule has 0 saturated carbocycles. The fourth-order valence-electron chi connectivity index (χ4n) is 1.48. The van der Waals surface area contributed by atoms with Crippen LogP contribution in [0.1, 0.15) is 13.8 Å². The van der Waals surface area contributed by atoms with Crippen LogP contribution in [0.15, 0.2) is 28.7 Å². The molecule has 0 bridgehead atoms. The summed E-state index contributed by atoms with van der Waals surface area (Å²) in [5.41, 5.74) is 0. The van der Waals surface area contributed by atoms with E-state index >= 15 is 0 Å². The zero-order valence-electron chi connectivity index (χ0n) is 11.3. The van der Waals surface area contributed by atoms with Gasteiger partial charge in [0, 0.05) is 17.6 Å². The van der Waals surface area contributed by atoms with Crippen molar-refractivity contribution in [2.45, 2.75) is 13.8 Å². The summed E-state index contributed by atoms with van der Waals surface area (Å²) >= 11 is 3.28. The van der Waals surface area contributed by atoms with Gasteiger partial charge >= 0.3 is 10.2 Å². The Kier molecular flexibility index (Phi) is 6.44. The lowest BCUT2D eigenvalue weighted by molar-refractivity contribution is -0.121. The van der Waals surface area contributed by atoms with Crippen LogP contribution in [0.25, 0.3) is 0 Å². The number of hydrogen-bond acceptors (Lipinski definition) is 4. The smallest absolute Gasteiger partial charge is 0.303 e. The lowest BCUT2D eigenvalue weighted by atomic mass is 10.3. The Labute approximate surface area is 127 Å². The van der Waals surface area contributed by atoms with Gasteiger partial charge in [-0.1, -0.05) is 29.8 Å². The van der Waals surface area contributed by atoms with Crippen LogP contribution in [0.4, 0.5) is 0 Å². The Balaban J connectivity index is 2.53. The molecule has 0 fully saturated rings. The normalized spacial score (nSPS) is 11.4. The lowest BCUT2D eigenvalue weighted by Gasteiger charge is -2.18. The molecule has 0 spiro atoms. The number of amides is 1. The quantitative estimate of drug-likeness (QED) is 0.795. The van der Waals surface area contributed by atoms with Crippen molar-refractivity contribution in [2.24, 2.45) is 0 Å². The Morgan fingerprint density at radius 3 is 2.30 bits per heavy atom. The maximum atomic E-state index is 11.8. The molecule has 0 aliphatic rings. The van der Waals surface area contributed by atoms with Crippen LogP contribution in [0.3, 0.4) is 0 Å². The van der Waals surface area contributed by atoms with Gasteiger partial charge in [-0.25, -0.2) is 4.72 Å². The number of nitrogens with one attached hydrogen (secondary N) is 1. The Morgan fingerprint density at radius 1 is 1.25 bits per heavy atom. The first kappa shape index (κ1) is 16.9. The molecular weight excluding hydrogens is 348 g/mol. The summed E-state index contributed by atoms with van der Waals surface area (Å²) in [5, 5.41) is 0. The summed E-state index contributed by atoms with van der Waals surface area (Å²) in [4.78, 5) is 11.6. The van der Waals surface area contributed by atoms with Gasteiger partial charge in [0.15, 0.2) is 6.61 Å². The minimum atomic E-state index is -3.79. The van der Waals surface area contributed by atoms with Crippen molar-refractivity contribution in [1.82, 2.24) is 9.03 Å². The number of hydrogen-bond donors (Lipinski definition) is 1. The fraction of sp³-hybridized carbons (Fsp3) is 0.417. The summed E-state index contributed by atoms with van der Waals surface area (Å²) < 4.78 is 32.8. The van der Waals surface area contributed by atoms with Gasteiger partial charge in [-0.2, -0.15) is 12.7 Å². The molecule has 1 aromatic carbocycles. The monoisotopic (exact) mass is 364 g/mol. The highest BCUT2D eigenvalue weighted by Gasteiger charge is 2.21. The van der Waals surface area contributed by atoms with E-state index in [0.29, 0.717) is 18.8 Å². The van der Waals surface area contributed by atoms with Crippen molar-refractivity contribution in [2.75, 3.05) is 19.7 Å². The summed E-state index contributed by atoms with van der Waals surface area (Å²) in [6, 6.07) is 6.88. The van der Waals surface area contributed by atoms with Crippen molar-refractivity contribution < 1.29 is 17.9 Å². The standard InChI is InChI=1S/C12H17BrN2O4S/c1-3-15(4-2)20(17,18)14-12(16)9-19-11-7-5-10(13)6-8-11/h5-8H,3-4,9H2,1-2H3,(H,14,16). The van der Waals surface area contributed by atoms with Crippen LogP contribution in [0, 0.1) is 0 Å². The first-order chi connectivity index (χ1) is 9.39. The van der Waals surface area contributed by atoms with Gasteiger partial charge < -0.3 is 4.74 Å². The molecule has 6 nitrogen and oxygen atoms in total. The molecule has 112 valence electrons. The highest BCUT2D eigenvalue weighted by Crippen LogP contribution is 2.15. The molecule has 0 aliphatic heterocycles. The van der Waals surface area contributed by atoms with Crippen molar-refractivity contribution >= 4 is 32.0 Å². The first-order valence-corrected chi connectivity index (χ1v) is 8.31. The zero-order valence-corrected chi connectivity index (χ0v) is 13.7. The van der Waals surface area contributed by atoms with Gasteiger partial charge in [-0.3, -0.25) is 4.79 Å². The SMILES string of the molecule is CCN(CC)S(=O)(=O)NC(=O)COc1ccc(Br)cc1. The van der Waals surface area contributed by atoms with Crippen molar-refractivity contribution in [3.05, 3.63) is 28.7 Å². The number of rotatable bonds is 7. The second-order valence-electron chi connectivity index (χ2n) is 3.86. The lowest BCUT2D eigenvalue weighted by Crippen LogP contribution is -2.44. The third-order valence-corrected chi connectivity index (χ3v) is 4.68. The first-order valence-electron chi connectivity index (χ1n) is 6.08. The van der Waals surface area contributed by atoms with E-state index in [2.05, 4.69) is 15.9 Å².